The molecule has 1 aliphatic rings. The van der Waals surface area contributed by atoms with Crippen LogP contribution in [-0.4, -0.2) is 56.7 Å². The third-order valence-corrected chi connectivity index (χ3v) is 9.13. The first-order valence-electron chi connectivity index (χ1n) is 10.0. The van der Waals surface area contributed by atoms with E-state index in [2.05, 4.69) is 4.98 Å². The Labute approximate surface area is 187 Å². The summed E-state index contributed by atoms with van der Waals surface area (Å²) in [6, 6.07) is 5.64. The monoisotopic (exact) mass is 486 g/mol. The van der Waals surface area contributed by atoms with E-state index >= 15 is 0 Å². The number of sulfonamides is 1. The second-order valence-corrected chi connectivity index (χ2v) is 12.4. The van der Waals surface area contributed by atoms with Crippen LogP contribution in [0.5, 0.6) is 0 Å². The molecule has 3 rings (SSSR count). The minimum Gasteiger partial charge on any atom is -0.458 e. The summed E-state index contributed by atoms with van der Waals surface area (Å²) in [5.74, 6) is -0.531. The van der Waals surface area contributed by atoms with Crippen LogP contribution in [0.25, 0.3) is 10.6 Å². The Kier molecular flexibility index (Phi) is 7.51. The fraction of sp³-hybridized carbons (Fsp3) is 0.500. The van der Waals surface area contributed by atoms with Gasteiger partial charge in [-0.25, -0.2) is 21.8 Å². The normalized spacial score (nSPS) is 18.1. The Morgan fingerprint density at radius 3 is 2.55 bits per heavy atom. The number of hydrogen-bond donors (Lipinski definition) is 0. The molecule has 0 amide bonds. The summed E-state index contributed by atoms with van der Waals surface area (Å²) in [5, 5.41) is 2.44. The van der Waals surface area contributed by atoms with Gasteiger partial charge in [-0.05, 0) is 37.8 Å². The summed E-state index contributed by atoms with van der Waals surface area (Å²) in [4.78, 5) is 17.3. The largest absolute Gasteiger partial charge is 0.458 e. The fourth-order valence-corrected chi connectivity index (χ4v) is 6.62. The van der Waals surface area contributed by atoms with E-state index in [1.807, 2.05) is 0 Å². The molecule has 0 bridgehead atoms. The number of esters is 1. The Morgan fingerprint density at radius 1 is 1.19 bits per heavy atom. The maximum Gasteiger partial charge on any atom is 0.324 e. The molecule has 2 aromatic rings. The minimum absolute atomic E-state index is 0.0182. The number of aromatic nitrogens is 1. The molecule has 0 spiro atoms. The molecule has 1 saturated heterocycles. The van der Waals surface area contributed by atoms with Crippen LogP contribution in [0.15, 0.2) is 34.5 Å². The van der Waals surface area contributed by atoms with Crippen molar-refractivity contribution in [3.8, 4) is 10.6 Å². The Morgan fingerprint density at radius 2 is 1.90 bits per heavy atom. The zero-order chi connectivity index (χ0) is 22.6. The summed E-state index contributed by atoms with van der Waals surface area (Å²) in [7, 11) is -6.75. The maximum absolute atomic E-state index is 12.6. The van der Waals surface area contributed by atoms with Crippen LogP contribution in [0, 0.1) is 0 Å². The van der Waals surface area contributed by atoms with Crippen molar-refractivity contribution >= 4 is 37.2 Å². The quantitative estimate of drug-likeness (QED) is 0.528. The second kappa shape index (κ2) is 9.76. The first-order valence-corrected chi connectivity index (χ1v) is 14.4. The highest BCUT2D eigenvalue weighted by atomic mass is 32.2. The molecule has 11 heteroatoms. The van der Waals surface area contributed by atoms with Crippen molar-refractivity contribution in [2.24, 2.45) is 0 Å². The van der Waals surface area contributed by atoms with Crippen molar-refractivity contribution in [3.05, 3.63) is 35.3 Å². The zero-order valence-electron chi connectivity index (χ0n) is 17.5. The molecule has 2 heterocycles. The van der Waals surface area contributed by atoms with Crippen molar-refractivity contribution in [2.45, 2.75) is 50.2 Å². The van der Waals surface area contributed by atoms with Gasteiger partial charge in [0.25, 0.3) is 0 Å². The number of piperidine rings is 1. The number of carbonyl (C=O) groups is 1. The average Bonchev–Trinajstić information content (AvgIpc) is 3.20. The van der Waals surface area contributed by atoms with Gasteiger partial charge in [0.05, 0.1) is 16.3 Å². The smallest absolute Gasteiger partial charge is 0.324 e. The number of hydrogen-bond acceptors (Lipinski definition) is 8. The molecule has 1 atom stereocenters. The SMILES string of the molecule is CCCS(=O)(=O)N1CCCC[C@@H]1C(=O)OCc1csc(-c2ccc(S(C)(=O)=O)cc2)n1. The van der Waals surface area contributed by atoms with E-state index < -0.39 is 31.9 Å². The van der Waals surface area contributed by atoms with Crippen molar-refractivity contribution in [1.82, 2.24) is 9.29 Å². The molecule has 1 aliphatic heterocycles. The Hall–Kier alpha value is -1.82. The number of nitrogens with zero attached hydrogens (tertiary/aromatic N) is 2. The van der Waals surface area contributed by atoms with Gasteiger partial charge in [0.15, 0.2) is 9.84 Å². The lowest BCUT2D eigenvalue weighted by atomic mass is 10.1. The molecular weight excluding hydrogens is 460 g/mol. The van der Waals surface area contributed by atoms with Crippen molar-refractivity contribution in [3.63, 3.8) is 0 Å². The number of rotatable bonds is 8. The van der Waals surface area contributed by atoms with Crippen molar-refractivity contribution < 1.29 is 26.4 Å². The van der Waals surface area contributed by atoms with E-state index in [0.29, 0.717) is 30.1 Å². The lowest BCUT2D eigenvalue weighted by Gasteiger charge is -2.32. The highest BCUT2D eigenvalue weighted by molar-refractivity contribution is 7.90. The van der Waals surface area contributed by atoms with Gasteiger partial charge in [-0.2, -0.15) is 4.31 Å². The van der Waals surface area contributed by atoms with Gasteiger partial charge in [-0.15, -0.1) is 11.3 Å². The van der Waals surface area contributed by atoms with Crippen LogP contribution >= 0.6 is 11.3 Å². The molecular formula is C20H26N2O6S3. The predicted molar refractivity (Wildman–Crippen MR) is 119 cm³/mol. The van der Waals surface area contributed by atoms with Gasteiger partial charge in [-0.1, -0.05) is 19.1 Å². The summed E-state index contributed by atoms with van der Waals surface area (Å²) >= 11 is 1.36. The summed E-state index contributed by atoms with van der Waals surface area (Å²) in [5.41, 5.74) is 1.32. The highest BCUT2D eigenvalue weighted by Gasteiger charge is 2.37. The third kappa shape index (κ3) is 5.91. The van der Waals surface area contributed by atoms with Crippen LogP contribution in [0.1, 0.15) is 38.3 Å². The van der Waals surface area contributed by atoms with E-state index in [9.17, 15) is 21.6 Å². The molecule has 1 aromatic carbocycles. The zero-order valence-corrected chi connectivity index (χ0v) is 19.9. The van der Waals surface area contributed by atoms with Crippen LogP contribution in [0.3, 0.4) is 0 Å². The van der Waals surface area contributed by atoms with Gasteiger partial charge in [-0.3, -0.25) is 4.79 Å². The Bertz CT molecular complexity index is 1120. The molecule has 0 aliphatic carbocycles. The molecule has 0 unspecified atom stereocenters. The topological polar surface area (TPSA) is 111 Å². The number of benzene rings is 1. The van der Waals surface area contributed by atoms with Crippen molar-refractivity contribution in [2.75, 3.05) is 18.6 Å². The summed E-state index contributed by atoms with van der Waals surface area (Å²) < 4.78 is 54.8. The Balaban J connectivity index is 1.65. The molecule has 8 nitrogen and oxygen atoms in total. The first kappa shape index (κ1) is 23.8. The van der Waals surface area contributed by atoms with Crippen LogP contribution in [-0.2, 0) is 36.0 Å². The fourth-order valence-electron chi connectivity index (χ4n) is 3.44. The predicted octanol–water partition coefficient (Wildman–Crippen LogP) is 2.85. The molecule has 0 radical (unpaired) electrons. The first-order chi connectivity index (χ1) is 14.6. The minimum atomic E-state index is -3.48. The van der Waals surface area contributed by atoms with E-state index in [1.54, 1.807) is 24.4 Å². The lowest BCUT2D eigenvalue weighted by Crippen LogP contribution is -2.49. The van der Waals surface area contributed by atoms with E-state index in [1.165, 1.54) is 27.8 Å². The van der Waals surface area contributed by atoms with Crippen LogP contribution in [0.2, 0.25) is 0 Å². The van der Waals surface area contributed by atoms with Gasteiger partial charge >= 0.3 is 5.97 Å². The van der Waals surface area contributed by atoms with Gasteiger partial charge in [0.1, 0.15) is 17.7 Å². The summed E-state index contributed by atoms with van der Waals surface area (Å²) in [6.45, 7) is 2.09. The molecule has 0 N–H and O–H groups in total. The molecule has 0 saturated carbocycles. The van der Waals surface area contributed by atoms with Crippen molar-refractivity contribution in [1.29, 1.82) is 0 Å². The van der Waals surface area contributed by atoms with Crippen LogP contribution in [0.4, 0.5) is 0 Å². The number of ether oxygens (including phenoxy) is 1. The molecule has 31 heavy (non-hydrogen) atoms. The number of sulfone groups is 1. The van der Waals surface area contributed by atoms with E-state index in [4.69, 9.17) is 4.74 Å². The van der Waals surface area contributed by atoms with Gasteiger partial charge in [0.2, 0.25) is 10.0 Å². The molecule has 170 valence electrons. The third-order valence-electron chi connectivity index (χ3n) is 4.99. The van der Waals surface area contributed by atoms with Gasteiger partial charge in [0, 0.05) is 23.7 Å². The number of carbonyl (C=O) groups excluding carboxylic acids is 1. The van der Waals surface area contributed by atoms with Crippen LogP contribution < -0.4 is 0 Å². The lowest BCUT2D eigenvalue weighted by molar-refractivity contribution is -0.150. The average molecular weight is 487 g/mol. The van der Waals surface area contributed by atoms with E-state index in [-0.39, 0.29) is 17.3 Å². The van der Waals surface area contributed by atoms with E-state index in [0.717, 1.165) is 24.7 Å². The van der Waals surface area contributed by atoms with Gasteiger partial charge < -0.3 is 4.74 Å². The second-order valence-electron chi connectivity index (χ2n) is 7.49. The summed E-state index contributed by atoms with van der Waals surface area (Å²) in [6.07, 6.45) is 3.62. The maximum atomic E-state index is 12.6. The standard InChI is InChI=1S/C20H26N2O6S3/c1-3-12-31(26,27)22-11-5-4-6-18(22)20(23)28-13-16-14-29-19(21-16)15-7-9-17(10-8-15)30(2,24)25/h7-10,14,18H,3-6,11-13H2,1-2H3/t18-/m1/s1. The molecule has 1 fully saturated rings. The molecule has 1 aromatic heterocycles. The number of thiazole rings is 1. The highest BCUT2D eigenvalue weighted by Crippen LogP contribution is 2.26.